The smallest absolute Gasteiger partial charge is 0.348 e. The molecule has 1 saturated heterocycles. The summed E-state index contributed by atoms with van der Waals surface area (Å²) >= 11 is 0. The van der Waals surface area contributed by atoms with Crippen LogP contribution in [0, 0.1) is 18.8 Å². The normalized spacial score (nSPS) is 28.3. The lowest BCUT2D eigenvalue weighted by atomic mass is 9.77. The maximum absolute atomic E-state index is 12.8. The number of benzene rings is 1. The fourth-order valence-corrected chi connectivity index (χ4v) is 4.21. The lowest BCUT2D eigenvalue weighted by molar-refractivity contribution is -0.171. The predicted molar refractivity (Wildman–Crippen MR) is 94.9 cm³/mol. The Morgan fingerprint density at radius 2 is 2.00 bits per heavy atom. The van der Waals surface area contributed by atoms with Crippen molar-refractivity contribution in [1.82, 2.24) is 10.6 Å². The first-order valence-corrected chi connectivity index (χ1v) is 9.47. The van der Waals surface area contributed by atoms with Gasteiger partial charge in [0.05, 0.1) is 6.04 Å². The average molecular weight is 382 g/mol. The van der Waals surface area contributed by atoms with Crippen LogP contribution in [0.25, 0.3) is 0 Å². The first-order valence-electron chi connectivity index (χ1n) is 9.47. The van der Waals surface area contributed by atoms with Gasteiger partial charge in [-0.1, -0.05) is 37.1 Å². The highest BCUT2D eigenvalue weighted by Gasteiger charge is 2.46. The molecule has 0 spiro atoms. The maximum Gasteiger partial charge on any atom is 0.408 e. The highest BCUT2D eigenvalue weighted by molar-refractivity contribution is 6.01. The highest BCUT2D eigenvalue weighted by atomic mass is 19.4. The number of fused-ring (bicyclic) bond motifs is 1. The summed E-state index contributed by atoms with van der Waals surface area (Å²) in [7, 11) is 0. The number of hydrogen-bond acceptors (Lipinski definition) is 2. The molecule has 1 aliphatic heterocycles. The summed E-state index contributed by atoms with van der Waals surface area (Å²) in [6.07, 6.45) is -2.09. The number of hydrogen-bond donors (Lipinski definition) is 2. The molecule has 4 unspecified atom stereocenters. The molecular weight excluding hydrogens is 357 g/mol. The minimum atomic E-state index is -4.48. The number of rotatable bonds is 3. The van der Waals surface area contributed by atoms with E-state index >= 15 is 0 Å². The molecule has 1 aromatic carbocycles. The number of carbonyl (C=O) groups excluding carboxylic acids is 2. The maximum atomic E-state index is 12.8. The molecule has 1 fully saturated rings. The molecule has 0 aromatic heterocycles. The molecule has 2 N–H and O–H groups in total. The molecule has 1 heterocycles. The second kappa shape index (κ2) is 7.52. The molecule has 1 aromatic rings. The summed E-state index contributed by atoms with van der Waals surface area (Å²) in [5, 5.41) is 4.92. The molecule has 27 heavy (non-hydrogen) atoms. The van der Waals surface area contributed by atoms with Gasteiger partial charge in [-0.05, 0) is 49.7 Å². The zero-order chi connectivity index (χ0) is 19.8. The van der Waals surface area contributed by atoms with Crippen LogP contribution in [0.1, 0.15) is 55.3 Å². The Bertz CT molecular complexity index is 732. The molecular formula is C20H25F3N2O2. The van der Waals surface area contributed by atoms with Crippen LogP contribution < -0.4 is 10.6 Å². The lowest BCUT2D eigenvalue weighted by Gasteiger charge is -2.36. The van der Waals surface area contributed by atoms with Crippen LogP contribution in [0.15, 0.2) is 18.2 Å². The topological polar surface area (TPSA) is 58.2 Å². The van der Waals surface area contributed by atoms with Crippen LogP contribution in [0.2, 0.25) is 0 Å². The van der Waals surface area contributed by atoms with Gasteiger partial charge < -0.3 is 10.6 Å². The first kappa shape index (κ1) is 19.7. The van der Waals surface area contributed by atoms with Gasteiger partial charge in [0.1, 0.15) is 12.0 Å². The van der Waals surface area contributed by atoms with Gasteiger partial charge in [0, 0.05) is 0 Å². The van der Waals surface area contributed by atoms with Crippen LogP contribution in [0.3, 0.4) is 0 Å². The molecule has 0 saturated carbocycles. The number of nitrogens with one attached hydrogen (secondary N) is 2. The number of carbonyl (C=O) groups is 2. The zero-order valence-electron chi connectivity index (χ0n) is 15.5. The van der Waals surface area contributed by atoms with Crippen LogP contribution in [-0.4, -0.2) is 24.0 Å². The van der Waals surface area contributed by atoms with E-state index in [0.29, 0.717) is 0 Å². The van der Waals surface area contributed by atoms with E-state index in [1.54, 1.807) is 0 Å². The van der Waals surface area contributed by atoms with Crippen molar-refractivity contribution in [2.24, 2.45) is 11.8 Å². The molecule has 4 atom stereocenters. The second-order valence-corrected chi connectivity index (χ2v) is 7.63. The van der Waals surface area contributed by atoms with Crippen molar-refractivity contribution in [3.8, 4) is 0 Å². The Morgan fingerprint density at radius 1 is 1.26 bits per heavy atom. The fourth-order valence-electron chi connectivity index (χ4n) is 4.21. The molecule has 2 aliphatic rings. The number of alkyl halides is 3. The van der Waals surface area contributed by atoms with E-state index in [1.165, 1.54) is 5.56 Å². The van der Waals surface area contributed by atoms with Crippen molar-refractivity contribution in [2.45, 2.75) is 64.2 Å². The fraction of sp³-hybridized carbons (Fsp3) is 0.600. The van der Waals surface area contributed by atoms with Crippen molar-refractivity contribution < 1.29 is 22.8 Å². The Labute approximate surface area is 156 Å². The van der Waals surface area contributed by atoms with Crippen molar-refractivity contribution in [3.63, 3.8) is 0 Å². The summed E-state index contributed by atoms with van der Waals surface area (Å²) in [6, 6.07) is 4.05. The molecule has 2 amide bonds. The molecule has 4 nitrogen and oxygen atoms in total. The number of halogens is 3. The third kappa shape index (κ3) is 4.12. The standard InChI is InChI=1S/C20H25F3N2O2/c1-3-12-5-6-13-10-11(2)4-7-14(13)17(12)25-19(27)15-8-9-16(20(21,22)23)24-18(15)26/h4,7,10,12,15-17H,3,5-6,8-9H2,1-2H3,(H,24,26)(H,25,27). The summed E-state index contributed by atoms with van der Waals surface area (Å²) in [4.78, 5) is 24.8. The SMILES string of the molecule is CCC1CCc2cc(C)ccc2C1NC(=O)C1CCC(C(F)(F)F)NC1=O. The van der Waals surface area contributed by atoms with Gasteiger partial charge >= 0.3 is 6.18 Å². The largest absolute Gasteiger partial charge is 0.408 e. The Kier molecular flexibility index (Phi) is 5.49. The van der Waals surface area contributed by atoms with E-state index in [-0.39, 0.29) is 24.8 Å². The summed E-state index contributed by atoms with van der Waals surface area (Å²) in [6.45, 7) is 4.08. The van der Waals surface area contributed by atoms with E-state index in [4.69, 9.17) is 0 Å². The number of amides is 2. The Balaban J connectivity index is 1.74. The minimum absolute atomic E-state index is 0.0912. The molecule has 7 heteroatoms. The van der Waals surface area contributed by atoms with Crippen LogP contribution in [0.4, 0.5) is 13.2 Å². The van der Waals surface area contributed by atoms with Crippen LogP contribution in [-0.2, 0) is 16.0 Å². The molecule has 1 aliphatic carbocycles. The third-order valence-corrected chi connectivity index (χ3v) is 5.80. The van der Waals surface area contributed by atoms with Gasteiger partial charge in [-0.25, -0.2) is 0 Å². The first-order chi connectivity index (χ1) is 12.7. The molecule has 0 bridgehead atoms. The summed E-state index contributed by atoms with van der Waals surface area (Å²) < 4.78 is 38.4. The number of piperidine rings is 1. The van der Waals surface area contributed by atoms with Crippen LogP contribution >= 0.6 is 0 Å². The van der Waals surface area contributed by atoms with Crippen molar-refractivity contribution >= 4 is 11.8 Å². The van der Waals surface area contributed by atoms with Crippen molar-refractivity contribution in [1.29, 1.82) is 0 Å². The summed E-state index contributed by atoms with van der Waals surface area (Å²) in [5.74, 6) is -2.14. The number of aryl methyl sites for hydroxylation is 2. The third-order valence-electron chi connectivity index (χ3n) is 5.80. The van der Waals surface area contributed by atoms with Gasteiger partial charge in [-0.3, -0.25) is 9.59 Å². The van der Waals surface area contributed by atoms with Gasteiger partial charge in [0.25, 0.3) is 0 Å². The quantitative estimate of drug-likeness (QED) is 0.785. The molecule has 148 valence electrons. The van der Waals surface area contributed by atoms with E-state index in [9.17, 15) is 22.8 Å². The molecule has 3 rings (SSSR count). The minimum Gasteiger partial charge on any atom is -0.348 e. The van der Waals surface area contributed by atoms with Gasteiger partial charge in [0.2, 0.25) is 11.8 Å². The van der Waals surface area contributed by atoms with E-state index in [0.717, 1.165) is 30.4 Å². The summed E-state index contributed by atoms with van der Waals surface area (Å²) in [5.41, 5.74) is 3.39. The van der Waals surface area contributed by atoms with Crippen molar-refractivity contribution in [2.75, 3.05) is 0 Å². The second-order valence-electron chi connectivity index (χ2n) is 7.63. The average Bonchev–Trinajstić information content (AvgIpc) is 2.60. The lowest BCUT2D eigenvalue weighted by Crippen LogP contribution is -2.55. The van der Waals surface area contributed by atoms with Crippen molar-refractivity contribution in [3.05, 3.63) is 34.9 Å². The Hall–Kier alpha value is -2.05. The van der Waals surface area contributed by atoms with Gasteiger partial charge in [-0.15, -0.1) is 0 Å². The Morgan fingerprint density at radius 3 is 2.63 bits per heavy atom. The highest BCUT2D eigenvalue weighted by Crippen LogP contribution is 2.37. The van der Waals surface area contributed by atoms with Crippen LogP contribution in [0.5, 0.6) is 0 Å². The van der Waals surface area contributed by atoms with E-state index in [2.05, 4.69) is 18.3 Å². The van der Waals surface area contributed by atoms with Gasteiger partial charge in [-0.2, -0.15) is 13.2 Å². The van der Waals surface area contributed by atoms with E-state index < -0.39 is 30.0 Å². The molecule has 0 radical (unpaired) electrons. The zero-order valence-corrected chi connectivity index (χ0v) is 15.5. The monoisotopic (exact) mass is 382 g/mol. The van der Waals surface area contributed by atoms with Gasteiger partial charge in [0.15, 0.2) is 0 Å². The van der Waals surface area contributed by atoms with E-state index in [1.807, 2.05) is 24.4 Å². The predicted octanol–water partition coefficient (Wildman–Crippen LogP) is 3.58.